The van der Waals surface area contributed by atoms with Crippen LogP contribution in [0.1, 0.15) is 40.2 Å². The van der Waals surface area contributed by atoms with Crippen LogP contribution in [0.4, 0.5) is 5.69 Å². The van der Waals surface area contributed by atoms with Crippen molar-refractivity contribution in [2.45, 2.75) is 45.8 Å². The van der Waals surface area contributed by atoms with Gasteiger partial charge in [-0.25, -0.2) is 0 Å². The van der Waals surface area contributed by atoms with Crippen LogP contribution in [0.15, 0.2) is 18.7 Å². The molecule has 5 heteroatoms. The summed E-state index contributed by atoms with van der Waals surface area (Å²) in [5, 5.41) is 0.571. The van der Waals surface area contributed by atoms with Gasteiger partial charge in [-0.1, -0.05) is 18.2 Å². The molecule has 2 rings (SSSR count). The fraction of sp³-hybridized carbons (Fsp3) is 0.467. The van der Waals surface area contributed by atoms with Gasteiger partial charge in [-0.05, 0) is 63.4 Å². The first-order valence-corrected chi connectivity index (χ1v) is 7.03. The van der Waals surface area contributed by atoms with E-state index in [1.165, 1.54) is 0 Å². The van der Waals surface area contributed by atoms with E-state index >= 15 is 0 Å². The third-order valence-corrected chi connectivity index (χ3v) is 4.38. The topological polar surface area (TPSA) is 44.5 Å². The molecule has 1 fully saturated rings. The first-order valence-electron chi connectivity index (χ1n) is 6.65. The zero-order valence-electron chi connectivity index (χ0n) is 12.7. The smallest absolute Gasteiger partial charge is 0.399 e. The Morgan fingerprint density at radius 3 is 2.15 bits per heavy atom. The molecule has 1 heterocycles. The third kappa shape index (κ3) is 2.48. The van der Waals surface area contributed by atoms with Crippen molar-refractivity contribution in [3.05, 3.63) is 29.3 Å². The number of hydrogen-bond acceptors (Lipinski definition) is 3. The van der Waals surface area contributed by atoms with Crippen LogP contribution in [-0.2, 0) is 9.31 Å². The molecule has 3 nitrogen and oxygen atoms in total. The zero-order valence-corrected chi connectivity index (χ0v) is 13.5. The Morgan fingerprint density at radius 1 is 1.20 bits per heavy atom. The van der Waals surface area contributed by atoms with E-state index in [1.54, 1.807) is 6.07 Å². The number of halogens is 1. The summed E-state index contributed by atoms with van der Waals surface area (Å²) >= 11 is 6.30. The van der Waals surface area contributed by atoms with Crippen molar-refractivity contribution in [3.8, 4) is 0 Å². The molecule has 0 saturated carbocycles. The second-order valence-electron chi connectivity index (χ2n) is 6.34. The molecular formula is C15H21BClNO2. The fourth-order valence-corrected chi connectivity index (χ4v) is 2.65. The summed E-state index contributed by atoms with van der Waals surface area (Å²) in [4.78, 5) is 0. The van der Waals surface area contributed by atoms with Crippen LogP contribution in [0.25, 0.3) is 5.57 Å². The molecule has 1 aromatic rings. The summed E-state index contributed by atoms with van der Waals surface area (Å²) < 4.78 is 12.1. The zero-order chi connectivity index (χ0) is 15.3. The molecule has 20 heavy (non-hydrogen) atoms. The molecule has 0 unspecified atom stereocenters. The lowest BCUT2D eigenvalue weighted by Gasteiger charge is -2.32. The largest absolute Gasteiger partial charge is 0.495 e. The van der Waals surface area contributed by atoms with E-state index in [2.05, 4.69) is 6.58 Å². The minimum atomic E-state index is -0.493. The second-order valence-corrected chi connectivity index (χ2v) is 6.74. The number of nitrogens with two attached hydrogens (primary N) is 1. The van der Waals surface area contributed by atoms with Crippen molar-refractivity contribution in [1.29, 1.82) is 0 Å². The molecule has 1 aromatic carbocycles. The molecule has 0 atom stereocenters. The number of nitrogen functional groups attached to an aromatic ring is 1. The van der Waals surface area contributed by atoms with Gasteiger partial charge in [0.25, 0.3) is 0 Å². The molecule has 0 aromatic heterocycles. The van der Waals surface area contributed by atoms with Crippen LogP contribution in [0.5, 0.6) is 0 Å². The third-order valence-electron chi connectivity index (χ3n) is 4.08. The number of anilines is 1. The van der Waals surface area contributed by atoms with Gasteiger partial charge in [-0.2, -0.15) is 0 Å². The standard InChI is InChI=1S/C15H21BClNO2/c1-9(2)13-11(7-10(18)8-12(13)17)16-19-14(3,4)15(5,6)20-16/h7-8H,1,18H2,2-6H3. The maximum Gasteiger partial charge on any atom is 0.495 e. The first-order chi connectivity index (χ1) is 9.05. The monoisotopic (exact) mass is 293 g/mol. The van der Waals surface area contributed by atoms with Gasteiger partial charge < -0.3 is 15.0 Å². The van der Waals surface area contributed by atoms with E-state index in [0.29, 0.717) is 10.7 Å². The van der Waals surface area contributed by atoms with E-state index in [4.69, 9.17) is 26.6 Å². The average molecular weight is 294 g/mol. The van der Waals surface area contributed by atoms with Crippen molar-refractivity contribution >= 4 is 35.4 Å². The minimum absolute atomic E-state index is 0.402. The Hall–Kier alpha value is -0.965. The van der Waals surface area contributed by atoms with Gasteiger partial charge in [0, 0.05) is 10.7 Å². The SMILES string of the molecule is C=C(C)c1c(Cl)cc(N)cc1B1OC(C)(C)C(C)(C)O1. The van der Waals surface area contributed by atoms with Gasteiger partial charge >= 0.3 is 7.12 Å². The van der Waals surface area contributed by atoms with Crippen LogP contribution >= 0.6 is 11.6 Å². The van der Waals surface area contributed by atoms with Crippen LogP contribution in [0, 0.1) is 0 Å². The van der Waals surface area contributed by atoms with Gasteiger partial charge in [0.15, 0.2) is 0 Å². The molecule has 0 aliphatic carbocycles. The van der Waals surface area contributed by atoms with Crippen LogP contribution in [-0.4, -0.2) is 18.3 Å². The Kier molecular flexibility index (Phi) is 3.70. The Balaban J connectivity index is 2.52. The summed E-state index contributed by atoms with van der Waals surface area (Å²) in [6.07, 6.45) is 0. The molecule has 0 spiro atoms. The van der Waals surface area contributed by atoms with Gasteiger partial charge in [0.2, 0.25) is 0 Å². The molecule has 1 saturated heterocycles. The van der Waals surface area contributed by atoms with Gasteiger partial charge in [0.05, 0.1) is 11.2 Å². The Labute approximate surface area is 126 Å². The normalized spacial score (nSPS) is 20.2. The highest BCUT2D eigenvalue weighted by Gasteiger charge is 2.52. The lowest BCUT2D eigenvalue weighted by atomic mass is 9.74. The molecule has 0 amide bonds. The van der Waals surface area contributed by atoms with E-state index in [9.17, 15) is 0 Å². The van der Waals surface area contributed by atoms with Crippen molar-refractivity contribution < 1.29 is 9.31 Å². The van der Waals surface area contributed by atoms with E-state index in [-0.39, 0.29) is 0 Å². The Morgan fingerprint density at radius 2 is 1.70 bits per heavy atom. The molecule has 108 valence electrons. The molecule has 2 N–H and O–H groups in total. The van der Waals surface area contributed by atoms with Gasteiger partial charge in [-0.15, -0.1) is 0 Å². The van der Waals surface area contributed by atoms with Crippen LogP contribution in [0.3, 0.4) is 0 Å². The van der Waals surface area contributed by atoms with Crippen molar-refractivity contribution in [2.75, 3.05) is 5.73 Å². The van der Waals surface area contributed by atoms with Crippen molar-refractivity contribution in [1.82, 2.24) is 0 Å². The predicted octanol–water partition coefficient (Wildman–Crippen LogP) is 3.25. The van der Waals surface area contributed by atoms with Gasteiger partial charge in [0.1, 0.15) is 0 Å². The second kappa shape index (κ2) is 4.80. The highest BCUT2D eigenvalue weighted by atomic mass is 35.5. The van der Waals surface area contributed by atoms with E-state index in [0.717, 1.165) is 16.6 Å². The molecule has 1 aliphatic rings. The van der Waals surface area contributed by atoms with Crippen LogP contribution < -0.4 is 11.2 Å². The fourth-order valence-electron chi connectivity index (χ4n) is 2.26. The quantitative estimate of drug-likeness (QED) is 0.672. The van der Waals surface area contributed by atoms with Crippen molar-refractivity contribution in [3.63, 3.8) is 0 Å². The summed E-state index contributed by atoms with van der Waals surface area (Å²) in [6.45, 7) is 14.0. The number of allylic oxidation sites excluding steroid dienone is 1. The molecule has 0 radical (unpaired) electrons. The lowest BCUT2D eigenvalue weighted by Crippen LogP contribution is -2.41. The Bertz CT molecular complexity index is 553. The van der Waals surface area contributed by atoms with Crippen molar-refractivity contribution in [2.24, 2.45) is 0 Å². The molecular weight excluding hydrogens is 272 g/mol. The predicted molar refractivity (Wildman–Crippen MR) is 86.3 cm³/mol. The number of rotatable bonds is 2. The molecule has 0 bridgehead atoms. The average Bonchev–Trinajstić information content (AvgIpc) is 2.46. The first kappa shape index (κ1) is 15.4. The van der Waals surface area contributed by atoms with Gasteiger partial charge in [-0.3, -0.25) is 0 Å². The number of benzene rings is 1. The maximum atomic E-state index is 6.30. The highest BCUT2D eigenvalue weighted by molar-refractivity contribution is 6.63. The summed E-state index contributed by atoms with van der Waals surface area (Å²) in [5.41, 5.74) is 8.23. The van der Waals surface area contributed by atoms with E-state index in [1.807, 2.05) is 40.7 Å². The van der Waals surface area contributed by atoms with E-state index < -0.39 is 18.3 Å². The van der Waals surface area contributed by atoms with Crippen LogP contribution in [0.2, 0.25) is 5.02 Å². The summed E-state index contributed by atoms with van der Waals surface area (Å²) in [7, 11) is -0.493. The summed E-state index contributed by atoms with van der Waals surface area (Å²) in [5.74, 6) is 0. The highest BCUT2D eigenvalue weighted by Crippen LogP contribution is 2.37. The lowest BCUT2D eigenvalue weighted by molar-refractivity contribution is 0.00578. The maximum absolute atomic E-state index is 6.30. The number of hydrogen-bond donors (Lipinski definition) is 1. The minimum Gasteiger partial charge on any atom is -0.399 e. The summed E-state index contributed by atoms with van der Waals surface area (Å²) in [6, 6.07) is 3.57. The molecule has 1 aliphatic heterocycles.